The first-order chi connectivity index (χ1) is 8.21. The number of aliphatic hydroxyl groups excluding tert-OH is 1. The van der Waals surface area contributed by atoms with E-state index >= 15 is 0 Å². The summed E-state index contributed by atoms with van der Waals surface area (Å²) in [6.45, 7) is 0.281. The van der Waals surface area contributed by atoms with Gasteiger partial charge < -0.3 is 10.2 Å². The van der Waals surface area contributed by atoms with Crippen LogP contribution in [-0.2, 0) is 0 Å². The minimum atomic E-state index is -1.02. The van der Waals surface area contributed by atoms with Crippen LogP contribution < -0.4 is 0 Å². The Hall–Kier alpha value is -1.19. The molecule has 1 aromatic rings. The summed E-state index contributed by atoms with van der Waals surface area (Å²) in [5.74, 6) is 0. The van der Waals surface area contributed by atoms with Crippen LogP contribution in [0.3, 0.4) is 0 Å². The van der Waals surface area contributed by atoms with Crippen molar-refractivity contribution in [1.29, 1.82) is 0 Å². The molecule has 0 bridgehead atoms. The van der Waals surface area contributed by atoms with Gasteiger partial charge in [0.25, 0.3) is 0 Å². The van der Waals surface area contributed by atoms with Gasteiger partial charge >= 0.3 is 0 Å². The van der Waals surface area contributed by atoms with E-state index in [0.717, 1.165) is 18.4 Å². The van der Waals surface area contributed by atoms with E-state index in [1.165, 1.54) is 0 Å². The van der Waals surface area contributed by atoms with E-state index in [-0.39, 0.29) is 6.54 Å². The van der Waals surface area contributed by atoms with Gasteiger partial charge in [0.1, 0.15) is 5.60 Å². The van der Waals surface area contributed by atoms with Crippen molar-refractivity contribution in [3.63, 3.8) is 0 Å². The Morgan fingerprint density at radius 1 is 1.29 bits per heavy atom. The highest BCUT2D eigenvalue weighted by Gasteiger charge is 2.37. The Morgan fingerprint density at radius 3 is 2.76 bits per heavy atom. The molecule has 0 amide bonds. The third-order valence-corrected chi connectivity index (χ3v) is 3.36. The molecule has 1 aliphatic rings. The van der Waals surface area contributed by atoms with Crippen LogP contribution >= 0.6 is 0 Å². The number of rotatable bonds is 3. The van der Waals surface area contributed by atoms with Gasteiger partial charge in [-0.25, -0.2) is 0 Å². The first kappa shape index (κ1) is 12.3. The molecule has 0 spiro atoms. The lowest BCUT2D eigenvalue weighted by Gasteiger charge is -2.35. The number of aliphatic imine (C=N–C) groups is 1. The lowest BCUT2D eigenvalue weighted by atomic mass is 9.82. The van der Waals surface area contributed by atoms with Crippen LogP contribution in [-0.4, -0.2) is 34.7 Å². The molecule has 92 valence electrons. The van der Waals surface area contributed by atoms with E-state index in [0.29, 0.717) is 12.8 Å². The smallest absolute Gasteiger partial charge is 0.110 e. The lowest BCUT2D eigenvalue weighted by Crippen LogP contribution is -2.47. The molecule has 0 aromatic heterocycles. The van der Waals surface area contributed by atoms with Crippen LogP contribution in [0.4, 0.5) is 0 Å². The molecule has 2 atom stereocenters. The highest BCUT2D eigenvalue weighted by molar-refractivity contribution is 5.79. The molecule has 17 heavy (non-hydrogen) atoms. The molecular formula is C14H19NO2. The zero-order valence-corrected chi connectivity index (χ0v) is 9.92. The van der Waals surface area contributed by atoms with Crippen LogP contribution in [0.2, 0.25) is 0 Å². The fourth-order valence-electron chi connectivity index (χ4n) is 2.24. The predicted octanol–water partition coefficient (Wildman–Crippen LogP) is 1.77. The first-order valence-electron chi connectivity index (χ1n) is 6.16. The molecular weight excluding hydrogens is 214 g/mol. The topological polar surface area (TPSA) is 52.8 Å². The summed E-state index contributed by atoms with van der Waals surface area (Å²) in [4.78, 5) is 4.25. The molecule has 1 aromatic carbocycles. The van der Waals surface area contributed by atoms with E-state index < -0.39 is 11.7 Å². The maximum atomic E-state index is 10.3. The van der Waals surface area contributed by atoms with Crippen LogP contribution in [0.25, 0.3) is 0 Å². The van der Waals surface area contributed by atoms with Gasteiger partial charge in [0.05, 0.1) is 12.6 Å². The largest absolute Gasteiger partial charge is 0.390 e. The summed E-state index contributed by atoms with van der Waals surface area (Å²) in [5, 5.41) is 20.1. The molecule has 2 N–H and O–H groups in total. The van der Waals surface area contributed by atoms with Crippen molar-refractivity contribution in [3.8, 4) is 0 Å². The Kier molecular flexibility index (Phi) is 3.92. The van der Waals surface area contributed by atoms with Crippen molar-refractivity contribution >= 4 is 6.21 Å². The number of hydrogen-bond donors (Lipinski definition) is 2. The fraction of sp³-hybridized carbons (Fsp3) is 0.500. The van der Waals surface area contributed by atoms with Crippen LogP contribution in [0.5, 0.6) is 0 Å². The van der Waals surface area contributed by atoms with Crippen molar-refractivity contribution in [2.75, 3.05) is 6.54 Å². The van der Waals surface area contributed by atoms with Crippen molar-refractivity contribution in [2.45, 2.75) is 37.4 Å². The van der Waals surface area contributed by atoms with Crippen molar-refractivity contribution in [3.05, 3.63) is 35.9 Å². The molecule has 1 saturated carbocycles. The molecule has 1 fully saturated rings. The zero-order valence-electron chi connectivity index (χ0n) is 9.92. The van der Waals surface area contributed by atoms with Gasteiger partial charge in [-0.1, -0.05) is 43.2 Å². The van der Waals surface area contributed by atoms with Crippen molar-refractivity contribution < 1.29 is 10.2 Å². The summed E-state index contributed by atoms with van der Waals surface area (Å²) in [6, 6.07) is 9.78. The van der Waals surface area contributed by atoms with Gasteiger partial charge in [-0.05, 0) is 18.4 Å². The number of hydrogen-bond acceptors (Lipinski definition) is 3. The zero-order chi connectivity index (χ0) is 12.1. The summed E-state index contributed by atoms with van der Waals surface area (Å²) in [5.41, 5.74) is -0.00909. The molecule has 3 nitrogen and oxygen atoms in total. The second kappa shape index (κ2) is 5.43. The molecule has 2 rings (SSSR count). The molecule has 0 unspecified atom stereocenters. The number of nitrogens with zero attached hydrogens (tertiary/aromatic N) is 1. The monoisotopic (exact) mass is 233 g/mol. The van der Waals surface area contributed by atoms with Gasteiger partial charge in [-0.2, -0.15) is 0 Å². The maximum absolute atomic E-state index is 10.3. The number of benzene rings is 1. The van der Waals surface area contributed by atoms with E-state index in [2.05, 4.69) is 4.99 Å². The van der Waals surface area contributed by atoms with E-state index in [1.54, 1.807) is 6.21 Å². The Balaban J connectivity index is 1.95. The molecule has 0 heterocycles. The average Bonchev–Trinajstić information content (AvgIpc) is 2.35. The first-order valence-corrected chi connectivity index (χ1v) is 6.16. The van der Waals surface area contributed by atoms with Crippen LogP contribution in [0.1, 0.15) is 31.2 Å². The minimum absolute atomic E-state index is 0.281. The molecule has 0 radical (unpaired) electrons. The lowest BCUT2D eigenvalue weighted by molar-refractivity contribution is -0.0921. The van der Waals surface area contributed by atoms with Crippen LogP contribution in [0.15, 0.2) is 35.3 Å². The highest BCUT2D eigenvalue weighted by Crippen LogP contribution is 2.28. The van der Waals surface area contributed by atoms with E-state index in [4.69, 9.17) is 0 Å². The van der Waals surface area contributed by atoms with Gasteiger partial charge in [0, 0.05) is 6.21 Å². The second-order valence-corrected chi connectivity index (χ2v) is 4.75. The van der Waals surface area contributed by atoms with E-state index in [9.17, 15) is 10.2 Å². The normalized spacial score (nSPS) is 29.6. The second-order valence-electron chi connectivity index (χ2n) is 4.75. The Labute approximate surface area is 102 Å². The summed E-state index contributed by atoms with van der Waals surface area (Å²) in [6.07, 6.45) is 4.39. The molecule has 1 aliphatic carbocycles. The third-order valence-electron chi connectivity index (χ3n) is 3.36. The molecule has 3 heteroatoms. The third kappa shape index (κ3) is 3.14. The summed E-state index contributed by atoms with van der Waals surface area (Å²) >= 11 is 0. The highest BCUT2D eigenvalue weighted by atomic mass is 16.3. The number of aliphatic hydroxyl groups is 2. The standard InChI is InChI=1S/C14H19NO2/c16-13-8-4-5-9-14(13,17)11-15-10-12-6-2-1-3-7-12/h1-3,6-7,10,13,16-17H,4-5,8-9,11H2/t13-,14-/m0/s1. The molecule has 0 aliphatic heterocycles. The van der Waals surface area contributed by atoms with Crippen molar-refractivity contribution in [1.82, 2.24) is 0 Å². The SMILES string of the molecule is O[C@H]1CCCC[C@]1(O)CN=Cc1ccccc1. The van der Waals surface area contributed by atoms with Gasteiger partial charge in [-0.3, -0.25) is 4.99 Å². The van der Waals surface area contributed by atoms with Crippen LogP contribution in [0, 0.1) is 0 Å². The van der Waals surface area contributed by atoms with Crippen molar-refractivity contribution in [2.24, 2.45) is 4.99 Å². The quantitative estimate of drug-likeness (QED) is 0.782. The maximum Gasteiger partial charge on any atom is 0.110 e. The summed E-state index contributed by atoms with van der Waals surface area (Å²) < 4.78 is 0. The Morgan fingerprint density at radius 2 is 2.06 bits per heavy atom. The predicted molar refractivity (Wildman–Crippen MR) is 68.3 cm³/mol. The fourth-order valence-corrected chi connectivity index (χ4v) is 2.24. The summed E-state index contributed by atoms with van der Waals surface area (Å²) in [7, 11) is 0. The Bertz CT molecular complexity index is 377. The van der Waals surface area contributed by atoms with Gasteiger partial charge in [0.2, 0.25) is 0 Å². The van der Waals surface area contributed by atoms with Gasteiger partial charge in [0.15, 0.2) is 0 Å². The average molecular weight is 233 g/mol. The minimum Gasteiger partial charge on any atom is -0.390 e. The van der Waals surface area contributed by atoms with E-state index in [1.807, 2.05) is 30.3 Å². The van der Waals surface area contributed by atoms with Gasteiger partial charge in [-0.15, -0.1) is 0 Å². The molecule has 0 saturated heterocycles.